The Kier molecular flexibility index (Phi) is 5.85. The highest BCUT2D eigenvalue weighted by Gasteiger charge is 2.20. The molecule has 1 fully saturated rings. The van der Waals surface area contributed by atoms with Gasteiger partial charge in [-0.2, -0.15) is 0 Å². The summed E-state index contributed by atoms with van der Waals surface area (Å²) in [4.78, 5) is 10.7. The summed E-state index contributed by atoms with van der Waals surface area (Å²) in [6.07, 6.45) is 5.40. The molecule has 20 heavy (non-hydrogen) atoms. The summed E-state index contributed by atoms with van der Waals surface area (Å²) < 4.78 is 7.80. The van der Waals surface area contributed by atoms with Crippen LogP contribution in [0, 0.1) is 0 Å². The van der Waals surface area contributed by atoms with Crippen LogP contribution in [0.25, 0.3) is 0 Å². The van der Waals surface area contributed by atoms with E-state index in [9.17, 15) is 4.79 Å². The third-order valence-electron chi connectivity index (χ3n) is 3.25. The van der Waals surface area contributed by atoms with E-state index in [1.165, 1.54) is 18.2 Å². The van der Waals surface area contributed by atoms with Crippen LogP contribution in [-0.2, 0) is 22.5 Å². The zero-order valence-corrected chi connectivity index (χ0v) is 12.6. The molecule has 0 amide bonds. The molecule has 1 aliphatic heterocycles. The average molecular weight is 299 g/mol. The number of carbonyl (C=O) groups is 1. The molecule has 1 aromatic rings. The van der Waals surface area contributed by atoms with Crippen molar-refractivity contribution in [1.82, 2.24) is 14.8 Å². The lowest BCUT2D eigenvalue weighted by atomic mass is 10.1. The summed E-state index contributed by atoms with van der Waals surface area (Å²) in [6, 6.07) is 0. The van der Waals surface area contributed by atoms with Gasteiger partial charge in [0.05, 0.1) is 18.4 Å². The van der Waals surface area contributed by atoms with Crippen LogP contribution >= 0.6 is 11.8 Å². The minimum atomic E-state index is -0.837. The van der Waals surface area contributed by atoms with Gasteiger partial charge in [-0.05, 0) is 25.7 Å². The van der Waals surface area contributed by atoms with E-state index < -0.39 is 5.97 Å². The Labute approximate surface area is 122 Å². The first-order valence-electron chi connectivity index (χ1n) is 7.09. The maximum atomic E-state index is 10.7. The lowest BCUT2D eigenvalue weighted by Crippen LogP contribution is -2.25. The van der Waals surface area contributed by atoms with E-state index in [0.717, 1.165) is 44.7 Å². The van der Waals surface area contributed by atoms with Crippen LogP contribution in [-0.4, -0.2) is 44.3 Å². The van der Waals surface area contributed by atoms with Gasteiger partial charge in [-0.3, -0.25) is 4.79 Å². The topological polar surface area (TPSA) is 77.2 Å². The van der Waals surface area contributed by atoms with Crippen molar-refractivity contribution in [1.29, 1.82) is 0 Å². The van der Waals surface area contributed by atoms with Gasteiger partial charge in [0.25, 0.3) is 0 Å². The zero-order chi connectivity index (χ0) is 14.4. The molecule has 0 saturated carbocycles. The molecule has 0 aliphatic carbocycles. The first kappa shape index (κ1) is 15.3. The van der Waals surface area contributed by atoms with E-state index in [1.54, 1.807) is 0 Å². The predicted octanol–water partition coefficient (Wildman–Crippen LogP) is 1.98. The maximum Gasteiger partial charge on any atom is 0.313 e. The molecular formula is C13H21N3O3S. The molecule has 1 saturated heterocycles. The van der Waals surface area contributed by atoms with E-state index in [4.69, 9.17) is 9.84 Å². The number of ether oxygens (including phenoxy) is 1. The summed E-state index contributed by atoms with van der Waals surface area (Å²) >= 11 is 1.22. The van der Waals surface area contributed by atoms with E-state index in [0.29, 0.717) is 5.16 Å². The molecule has 7 heteroatoms. The third-order valence-corrected chi connectivity index (χ3v) is 4.20. The average Bonchev–Trinajstić information content (AvgIpc) is 2.81. The molecule has 1 N–H and O–H groups in total. The van der Waals surface area contributed by atoms with Gasteiger partial charge in [0.2, 0.25) is 0 Å². The van der Waals surface area contributed by atoms with Gasteiger partial charge in [-0.15, -0.1) is 10.2 Å². The van der Waals surface area contributed by atoms with E-state index in [2.05, 4.69) is 17.1 Å². The Morgan fingerprint density at radius 1 is 1.50 bits per heavy atom. The number of hydrogen-bond acceptors (Lipinski definition) is 5. The van der Waals surface area contributed by atoms with Crippen LogP contribution in [0.15, 0.2) is 5.16 Å². The number of thioether (sulfide) groups is 1. The fraction of sp³-hybridized carbons (Fsp3) is 0.769. The largest absolute Gasteiger partial charge is 0.481 e. The quantitative estimate of drug-likeness (QED) is 0.776. The van der Waals surface area contributed by atoms with Crippen molar-refractivity contribution in [2.24, 2.45) is 0 Å². The van der Waals surface area contributed by atoms with Crippen LogP contribution in [0.5, 0.6) is 0 Å². The van der Waals surface area contributed by atoms with Gasteiger partial charge >= 0.3 is 5.97 Å². The first-order chi connectivity index (χ1) is 9.70. The second-order valence-corrected chi connectivity index (χ2v) is 5.87. The number of aliphatic carboxylic acids is 1. The number of hydrogen-bond donors (Lipinski definition) is 1. The Morgan fingerprint density at radius 2 is 2.35 bits per heavy atom. The van der Waals surface area contributed by atoms with E-state index in [1.807, 2.05) is 4.57 Å². The number of carboxylic acids is 1. The highest BCUT2D eigenvalue weighted by atomic mass is 32.2. The molecule has 1 atom stereocenters. The van der Waals surface area contributed by atoms with Crippen molar-refractivity contribution in [3.8, 4) is 0 Å². The Morgan fingerprint density at radius 3 is 3.00 bits per heavy atom. The van der Waals surface area contributed by atoms with Crippen LogP contribution < -0.4 is 0 Å². The summed E-state index contributed by atoms with van der Waals surface area (Å²) in [7, 11) is 0. The summed E-state index contributed by atoms with van der Waals surface area (Å²) in [5.41, 5.74) is 0. The van der Waals surface area contributed by atoms with Crippen molar-refractivity contribution >= 4 is 17.7 Å². The molecule has 1 aromatic heterocycles. The molecule has 0 spiro atoms. The molecular weight excluding hydrogens is 278 g/mol. The molecule has 0 bridgehead atoms. The van der Waals surface area contributed by atoms with Crippen molar-refractivity contribution in [2.45, 2.75) is 56.8 Å². The highest BCUT2D eigenvalue weighted by Crippen LogP contribution is 2.21. The third kappa shape index (κ3) is 4.21. The molecule has 112 valence electrons. The number of aryl methyl sites for hydroxylation is 1. The van der Waals surface area contributed by atoms with Gasteiger partial charge in [-0.1, -0.05) is 18.7 Å². The SMILES string of the molecule is CCCc1nnc(SCC(=O)O)n1CC1CCCCO1. The summed E-state index contributed by atoms with van der Waals surface area (Å²) in [6.45, 7) is 3.64. The lowest BCUT2D eigenvalue weighted by Gasteiger charge is -2.24. The Bertz CT molecular complexity index is 444. The number of nitrogens with zero attached hydrogens (tertiary/aromatic N) is 3. The molecule has 0 aromatic carbocycles. The van der Waals surface area contributed by atoms with Gasteiger partial charge in [0.1, 0.15) is 5.82 Å². The fourth-order valence-corrected chi connectivity index (χ4v) is 2.99. The molecule has 1 aliphatic rings. The van der Waals surface area contributed by atoms with Crippen molar-refractivity contribution in [3.05, 3.63) is 5.82 Å². The Balaban J connectivity index is 2.08. The van der Waals surface area contributed by atoms with E-state index in [-0.39, 0.29) is 11.9 Å². The first-order valence-corrected chi connectivity index (χ1v) is 8.07. The fourth-order valence-electron chi connectivity index (χ4n) is 2.30. The van der Waals surface area contributed by atoms with Gasteiger partial charge < -0.3 is 14.4 Å². The lowest BCUT2D eigenvalue weighted by molar-refractivity contribution is -0.133. The van der Waals surface area contributed by atoms with Gasteiger partial charge in [0.15, 0.2) is 5.16 Å². The van der Waals surface area contributed by atoms with Gasteiger partial charge in [0, 0.05) is 13.0 Å². The summed E-state index contributed by atoms with van der Waals surface area (Å²) in [5.74, 6) is 0.0977. The second kappa shape index (κ2) is 7.64. The van der Waals surface area contributed by atoms with Crippen molar-refractivity contribution in [3.63, 3.8) is 0 Å². The van der Waals surface area contributed by atoms with E-state index >= 15 is 0 Å². The smallest absolute Gasteiger partial charge is 0.313 e. The number of carboxylic acid groups (broad SMARTS) is 1. The number of rotatable bonds is 7. The number of aromatic nitrogens is 3. The summed E-state index contributed by atoms with van der Waals surface area (Å²) in [5, 5.41) is 17.8. The monoisotopic (exact) mass is 299 g/mol. The van der Waals surface area contributed by atoms with Crippen molar-refractivity contribution in [2.75, 3.05) is 12.4 Å². The highest BCUT2D eigenvalue weighted by molar-refractivity contribution is 7.99. The molecule has 2 rings (SSSR count). The molecule has 6 nitrogen and oxygen atoms in total. The van der Waals surface area contributed by atoms with Crippen LogP contribution in [0.1, 0.15) is 38.4 Å². The van der Waals surface area contributed by atoms with Crippen molar-refractivity contribution < 1.29 is 14.6 Å². The molecule has 1 unspecified atom stereocenters. The molecule has 2 heterocycles. The predicted molar refractivity (Wildman–Crippen MR) is 76.0 cm³/mol. The van der Waals surface area contributed by atoms with Gasteiger partial charge in [-0.25, -0.2) is 0 Å². The minimum absolute atomic E-state index is 0.00970. The Hall–Kier alpha value is -1.08. The molecule has 0 radical (unpaired) electrons. The maximum absolute atomic E-state index is 10.7. The van der Waals surface area contributed by atoms with Crippen LogP contribution in [0.4, 0.5) is 0 Å². The zero-order valence-electron chi connectivity index (χ0n) is 11.7. The standard InChI is InChI=1S/C13H21N3O3S/c1-2-5-11-14-15-13(20-9-12(17)18)16(11)8-10-6-3-4-7-19-10/h10H,2-9H2,1H3,(H,17,18). The van der Waals surface area contributed by atoms with Crippen LogP contribution in [0.2, 0.25) is 0 Å². The van der Waals surface area contributed by atoms with Crippen LogP contribution in [0.3, 0.4) is 0 Å². The minimum Gasteiger partial charge on any atom is -0.481 e. The second-order valence-electron chi connectivity index (χ2n) is 4.93. The normalized spacial score (nSPS) is 19.1.